The van der Waals surface area contributed by atoms with Gasteiger partial charge in [0.2, 0.25) is 0 Å². The second-order valence-electron chi connectivity index (χ2n) is 3.76. The lowest BCUT2D eigenvalue weighted by molar-refractivity contribution is -0.137. The Morgan fingerprint density at radius 2 is 1.89 bits per heavy atom. The predicted molar refractivity (Wildman–Crippen MR) is 61.8 cm³/mol. The number of ketones is 1. The van der Waals surface area contributed by atoms with E-state index in [-0.39, 0.29) is 29.6 Å². The Morgan fingerprint density at radius 1 is 1.28 bits per heavy atom. The maximum Gasteiger partial charge on any atom is 0.416 e. The molecule has 1 atom stereocenters. The Hall–Kier alpha value is -1.52. The van der Waals surface area contributed by atoms with Gasteiger partial charge >= 0.3 is 6.18 Å². The first kappa shape index (κ1) is 14.5. The Kier molecular flexibility index (Phi) is 4.38. The average molecular weight is 260 g/mol. The first-order chi connectivity index (χ1) is 8.38. The highest BCUT2D eigenvalue weighted by Crippen LogP contribution is 2.35. The highest BCUT2D eigenvalue weighted by Gasteiger charge is 2.33. The van der Waals surface area contributed by atoms with Gasteiger partial charge in [0, 0.05) is 6.42 Å². The first-order valence-electron chi connectivity index (χ1n) is 5.79. The number of benzene rings is 1. The fourth-order valence-electron chi connectivity index (χ4n) is 1.66. The third kappa shape index (κ3) is 3.03. The molecule has 0 radical (unpaired) electrons. The minimum Gasteiger partial charge on any atom is -0.489 e. The summed E-state index contributed by atoms with van der Waals surface area (Å²) in [6, 6.07) is 2.95. The number of alkyl halides is 3. The molecular weight excluding hydrogens is 245 g/mol. The van der Waals surface area contributed by atoms with Crippen LogP contribution in [-0.4, -0.2) is 11.9 Å². The number of Topliss-reactive ketones (excluding diaryl/α,β-unsaturated/α-hetero) is 1. The number of carbonyl (C=O) groups is 1. The van der Waals surface area contributed by atoms with Crippen LogP contribution in [0.15, 0.2) is 18.2 Å². The van der Waals surface area contributed by atoms with Crippen molar-refractivity contribution in [3.63, 3.8) is 0 Å². The third-order valence-electron chi connectivity index (χ3n) is 2.41. The molecule has 18 heavy (non-hydrogen) atoms. The smallest absolute Gasteiger partial charge is 0.416 e. The molecule has 1 aromatic rings. The number of hydrogen-bond acceptors (Lipinski definition) is 2. The number of carbonyl (C=O) groups excluding carboxylic acids is 1. The van der Waals surface area contributed by atoms with Gasteiger partial charge < -0.3 is 4.74 Å². The largest absolute Gasteiger partial charge is 0.489 e. The Labute approximate surface area is 104 Å². The molecule has 0 spiro atoms. The van der Waals surface area contributed by atoms with Crippen molar-refractivity contribution in [2.24, 2.45) is 0 Å². The van der Waals surface area contributed by atoms with Gasteiger partial charge in [0.05, 0.1) is 11.1 Å². The van der Waals surface area contributed by atoms with E-state index in [2.05, 4.69) is 0 Å². The summed E-state index contributed by atoms with van der Waals surface area (Å²) >= 11 is 0. The van der Waals surface area contributed by atoms with E-state index in [1.165, 1.54) is 6.07 Å². The second kappa shape index (κ2) is 5.42. The van der Waals surface area contributed by atoms with E-state index in [9.17, 15) is 18.0 Å². The summed E-state index contributed by atoms with van der Waals surface area (Å²) in [5.41, 5.74) is -0.570. The monoisotopic (exact) mass is 260 g/mol. The van der Waals surface area contributed by atoms with E-state index in [0.29, 0.717) is 0 Å². The van der Waals surface area contributed by atoms with Crippen molar-refractivity contribution >= 4 is 5.78 Å². The van der Waals surface area contributed by atoms with Crippen molar-refractivity contribution in [3.05, 3.63) is 29.3 Å². The Morgan fingerprint density at radius 3 is 2.44 bits per heavy atom. The molecule has 1 aliphatic rings. The lowest BCUT2D eigenvalue weighted by Gasteiger charge is -2.23. The minimum absolute atomic E-state index is 0.0265. The molecule has 1 heterocycles. The highest BCUT2D eigenvalue weighted by molar-refractivity contribution is 5.99. The van der Waals surface area contributed by atoms with E-state index in [1.54, 1.807) is 6.92 Å². The number of hydrogen-bond donors (Lipinski definition) is 0. The predicted octanol–water partition coefficient (Wildman–Crippen LogP) is 4.09. The molecule has 0 bridgehead atoms. The van der Waals surface area contributed by atoms with Gasteiger partial charge in [-0.25, -0.2) is 0 Å². The van der Waals surface area contributed by atoms with Crippen LogP contribution in [0.1, 0.15) is 43.1 Å². The summed E-state index contributed by atoms with van der Waals surface area (Å²) < 4.78 is 42.5. The van der Waals surface area contributed by atoms with Crippen molar-refractivity contribution < 1.29 is 22.7 Å². The van der Waals surface area contributed by atoms with E-state index in [4.69, 9.17) is 4.74 Å². The fourth-order valence-corrected chi connectivity index (χ4v) is 1.66. The molecule has 0 fully saturated rings. The summed E-state index contributed by atoms with van der Waals surface area (Å²) in [6.45, 7) is 5.65. The third-order valence-corrected chi connectivity index (χ3v) is 2.41. The van der Waals surface area contributed by atoms with Crippen LogP contribution in [0, 0.1) is 0 Å². The van der Waals surface area contributed by atoms with Crippen LogP contribution in [0.2, 0.25) is 0 Å². The van der Waals surface area contributed by atoms with Crippen molar-refractivity contribution in [1.29, 1.82) is 0 Å². The summed E-state index contributed by atoms with van der Waals surface area (Å²) in [7, 11) is 0. The molecule has 0 aliphatic carbocycles. The molecule has 0 aromatic heterocycles. The van der Waals surface area contributed by atoms with Gasteiger partial charge in [0.15, 0.2) is 5.78 Å². The van der Waals surface area contributed by atoms with Gasteiger partial charge in [0.1, 0.15) is 11.9 Å². The van der Waals surface area contributed by atoms with Gasteiger partial charge in [-0.05, 0) is 25.1 Å². The first-order valence-corrected chi connectivity index (χ1v) is 5.79. The zero-order chi connectivity index (χ0) is 13.9. The van der Waals surface area contributed by atoms with Gasteiger partial charge in [-0.3, -0.25) is 4.79 Å². The Bertz CT molecular complexity index is 438. The van der Waals surface area contributed by atoms with Crippen molar-refractivity contribution in [1.82, 2.24) is 0 Å². The molecule has 0 saturated heterocycles. The van der Waals surface area contributed by atoms with E-state index >= 15 is 0 Å². The van der Waals surface area contributed by atoms with Crippen molar-refractivity contribution in [2.45, 2.75) is 39.5 Å². The standard InChI is InChI=1S/C11H9F3O2.C2H6/c1-6-4-9(15)8-3-2-7(11(12,13)14)5-10(8)16-6;1-2/h2-3,5-6H,4H2,1H3;1-2H3. The number of fused-ring (bicyclic) bond motifs is 1. The van der Waals surface area contributed by atoms with Crippen LogP contribution in [0.25, 0.3) is 0 Å². The van der Waals surface area contributed by atoms with E-state index in [1.807, 2.05) is 13.8 Å². The summed E-state index contributed by atoms with van der Waals surface area (Å²) in [4.78, 5) is 11.5. The molecular formula is C13H15F3O2. The van der Waals surface area contributed by atoms with E-state index in [0.717, 1.165) is 12.1 Å². The summed E-state index contributed by atoms with van der Waals surface area (Å²) in [6.07, 6.45) is -4.58. The maximum absolute atomic E-state index is 12.4. The number of ether oxygens (including phenoxy) is 1. The maximum atomic E-state index is 12.4. The zero-order valence-electron chi connectivity index (χ0n) is 10.5. The molecule has 2 rings (SSSR count). The minimum atomic E-state index is -4.41. The Balaban J connectivity index is 0.000000771. The molecule has 2 nitrogen and oxygen atoms in total. The van der Waals surface area contributed by atoms with Crippen LogP contribution in [0.3, 0.4) is 0 Å². The molecule has 100 valence electrons. The lowest BCUT2D eigenvalue weighted by Crippen LogP contribution is -2.24. The van der Waals surface area contributed by atoms with Crippen LogP contribution in [0.5, 0.6) is 5.75 Å². The van der Waals surface area contributed by atoms with Crippen LogP contribution in [0.4, 0.5) is 13.2 Å². The van der Waals surface area contributed by atoms with Crippen molar-refractivity contribution in [3.8, 4) is 5.75 Å². The SMILES string of the molecule is CC.CC1CC(=O)c2ccc(C(F)(F)F)cc2O1. The molecule has 1 aromatic carbocycles. The summed E-state index contributed by atoms with van der Waals surface area (Å²) in [5.74, 6) is -0.152. The van der Waals surface area contributed by atoms with Gasteiger partial charge in [-0.15, -0.1) is 0 Å². The molecule has 0 amide bonds. The van der Waals surface area contributed by atoms with Gasteiger partial charge in [-0.1, -0.05) is 13.8 Å². The zero-order valence-corrected chi connectivity index (χ0v) is 10.5. The van der Waals surface area contributed by atoms with Crippen molar-refractivity contribution in [2.75, 3.05) is 0 Å². The van der Waals surface area contributed by atoms with Gasteiger partial charge in [-0.2, -0.15) is 13.2 Å². The molecule has 0 N–H and O–H groups in total. The molecule has 1 aliphatic heterocycles. The highest BCUT2D eigenvalue weighted by atomic mass is 19.4. The van der Waals surface area contributed by atoms with Gasteiger partial charge in [0.25, 0.3) is 0 Å². The summed E-state index contributed by atoms with van der Waals surface area (Å²) in [5, 5.41) is 0. The normalized spacial score (nSPS) is 18.3. The topological polar surface area (TPSA) is 26.3 Å². The number of rotatable bonds is 0. The second-order valence-corrected chi connectivity index (χ2v) is 3.76. The van der Waals surface area contributed by atoms with E-state index < -0.39 is 11.7 Å². The van der Waals surface area contributed by atoms with Crippen LogP contribution in [-0.2, 0) is 6.18 Å². The van der Waals surface area contributed by atoms with Crippen LogP contribution >= 0.6 is 0 Å². The molecule has 1 unspecified atom stereocenters. The quantitative estimate of drug-likeness (QED) is 0.702. The molecule has 5 heteroatoms. The average Bonchev–Trinajstić information content (AvgIpc) is 2.29. The number of halogens is 3. The van der Waals surface area contributed by atoms with Crippen LogP contribution < -0.4 is 4.74 Å². The molecule has 0 saturated carbocycles. The fraction of sp³-hybridized carbons (Fsp3) is 0.462. The lowest BCUT2D eigenvalue weighted by atomic mass is 9.99.